The van der Waals surface area contributed by atoms with E-state index in [1.165, 1.54) is 0 Å². The molecule has 3 aliphatic rings. The van der Waals surface area contributed by atoms with E-state index >= 15 is 0 Å². The minimum atomic E-state index is -0.563. The molecule has 1 saturated heterocycles. The first-order valence-electron chi connectivity index (χ1n) is 10.6. The van der Waals surface area contributed by atoms with Crippen molar-refractivity contribution in [3.05, 3.63) is 35.4 Å². The Balaban J connectivity index is 1.45. The lowest BCUT2D eigenvalue weighted by Gasteiger charge is -2.27. The van der Waals surface area contributed by atoms with Crippen molar-refractivity contribution < 1.29 is 14.4 Å². The summed E-state index contributed by atoms with van der Waals surface area (Å²) in [5.74, 6) is 0.407. The predicted octanol–water partition coefficient (Wildman–Crippen LogP) is 2.85. The van der Waals surface area contributed by atoms with E-state index in [0.717, 1.165) is 31.2 Å². The minimum absolute atomic E-state index is 0.0911. The molecule has 0 bridgehead atoms. The Hall–Kier alpha value is -2.02. The van der Waals surface area contributed by atoms with Crippen molar-refractivity contribution in [2.45, 2.75) is 69.5 Å². The van der Waals surface area contributed by atoms with Gasteiger partial charge in [0.2, 0.25) is 11.8 Å². The summed E-state index contributed by atoms with van der Waals surface area (Å²) < 4.78 is 0. The molecule has 0 spiro atoms. The lowest BCUT2D eigenvalue weighted by atomic mass is 10.0. The van der Waals surface area contributed by atoms with Crippen molar-refractivity contribution in [3.63, 3.8) is 0 Å². The summed E-state index contributed by atoms with van der Waals surface area (Å²) in [6.07, 6.45) is 4.89. The highest BCUT2D eigenvalue weighted by Crippen LogP contribution is 2.48. The largest absolute Gasteiger partial charge is 0.352 e. The Kier molecular flexibility index (Phi) is 5.86. The first-order chi connectivity index (χ1) is 14.0. The molecule has 156 valence electrons. The van der Waals surface area contributed by atoms with Crippen LogP contribution in [-0.2, 0) is 9.59 Å². The molecule has 1 aromatic carbocycles. The molecule has 29 heavy (non-hydrogen) atoms. The van der Waals surface area contributed by atoms with Crippen LogP contribution >= 0.6 is 11.8 Å². The van der Waals surface area contributed by atoms with E-state index < -0.39 is 12.1 Å². The van der Waals surface area contributed by atoms with Gasteiger partial charge in [0.15, 0.2) is 0 Å². The van der Waals surface area contributed by atoms with Crippen LogP contribution in [0.25, 0.3) is 0 Å². The highest BCUT2D eigenvalue weighted by Gasteiger charge is 2.48. The lowest BCUT2D eigenvalue weighted by Crippen LogP contribution is -2.54. The van der Waals surface area contributed by atoms with Gasteiger partial charge in [-0.05, 0) is 36.8 Å². The first kappa shape index (κ1) is 20.3. The summed E-state index contributed by atoms with van der Waals surface area (Å²) in [5, 5.41) is 5.97. The molecule has 6 nitrogen and oxygen atoms in total. The summed E-state index contributed by atoms with van der Waals surface area (Å²) in [6, 6.07) is 6.67. The standard InChI is InChI=1S/C22H29N3O3S/c1-13(2)11-17(19(26)23-14-7-3-4-8-14)24-20(27)18-12-29-22-16-10-6-5-9-15(16)21(28)25(18)22/h5-6,9-10,13-14,17-18,22H,3-4,7-8,11-12H2,1-2H3,(H,23,26)(H,24,27). The van der Waals surface area contributed by atoms with Crippen molar-refractivity contribution in [1.29, 1.82) is 0 Å². The van der Waals surface area contributed by atoms with Gasteiger partial charge in [0, 0.05) is 17.4 Å². The van der Waals surface area contributed by atoms with Crippen LogP contribution in [0.1, 0.15) is 67.2 Å². The monoisotopic (exact) mass is 415 g/mol. The van der Waals surface area contributed by atoms with Gasteiger partial charge in [-0.2, -0.15) is 0 Å². The van der Waals surface area contributed by atoms with Gasteiger partial charge in [0.05, 0.1) is 0 Å². The summed E-state index contributed by atoms with van der Waals surface area (Å²) in [4.78, 5) is 40.5. The molecule has 3 atom stereocenters. The number of hydrogen-bond acceptors (Lipinski definition) is 4. The Morgan fingerprint density at radius 2 is 1.93 bits per heavy atom. The maximum Gasteiger partial charge on any atom is 0.256 e. The number of nitrogens with one attached hydrogen (secondary N) is 2. The van der Waals surface area contributed by atoms with Crippen molar-refractivity contribution in [1.82, 2.24) is 15.5 Å². The SMILES string of the molecule is CC(C)CC(NC(=O)C1CSC2c3ccccc3C(=O)N12)C(=O)NC1CCCC1. The van der Waals surface area contributed by atoms with Gasteiger partial charge < -0.3 is 15.5 Å². The molecule has 3 amide bonds. The lowest BCUT2D eigenvalue weighted by molar-refractivity contribution is -0.131. The van der Waals surface area contributed by atoms with Crippen molar-refractivity contribution in [2.24, 2.45) is 5.92 Å². The minimum Gasteiger partial charge on any atom is -0.352 e. The van der Waals surface area contributed by atoms with Gasteiger partial charge in [0.25, 0.3) is 5.91 Å². The Labute approximate surface area is 176 Å². The summed E-state index contributed by atoms with van der Waals surface area (Å²) in [6.45, 7) is 4.09. The molecule has 4 rings (SSSR count). The van der Waals surface area contributed by atoms with Crippen LogP contribution in [0.4, 0.5) is 0 Å². The van der Waals surface area contributed by atoms with Gasteiger partial charge in [-0.1, -0.05) is 44.9 Å². The number of thioether (sulfide) groups is 1. The number of hydrogen-bond donors (Lipinski definition) is 2. The number of carbonyl (C=O) groups excluding carboxylic acids is 3. The summed E-state index contributed by atoms with van der Waals surface area (Å²) in [7, 11) is 0. The average molecular weight is 416 g/mol. The van der Waals surface area contributed by atoms with E-state index in [1.54, 1.807) is 16.7 Å². The van der Waals surface area contributed by atoms with Crippen LogP contribution in [0.2, 0.25) is 0 Å². The van der Waals surface area contributed by atoms with E-state index in [4.69, 9.17) is 0 Å². The third kappa shape index (κ3) is 4.02. The number of amides is 3. The topological polar surface area (TPSA) is 78.5 Å². The maximum atomic E-state index is 13.1. The highest BCUT2D eigenvalue weighted by atomic mass is 32.2. The van der Waals surface area contributed by atoms with Crippen LogP contribution in [0.5, 0.6) is 0 Å². The van der Waals surface area contributed by atoms with E-state index in [9.17, 15) is 14.4 Å². The fourth-order valence-electron chi connectivity index (χ4n) is 4.58. The third-order valence-electron chi connectivity index (χ3n) is 6.04. The van der Waals surface area contributed by atoms with Crippen LogP contribution in [0.3, 0.4) is 0 Å². The molecular weight excluding hydrogens is 386 g/mol. The van der Waals surface area contributed by atoms with Crippen LogP contribution in [-0.4, -0.2) is 46.5 Å². The van der Waals surface area contributed by atoms with E-state index in [0.29, 0.717) is 17.7 Å². The molecule has 1 aliphatic carbocycles. The van der Waals surface area contributed by atoms with Gasteiger partial charge in [-0.15, -0.1) is 11.8 Å². The molecule has 2 aliphatic heterocycles. The van der Waals surface area contributed by atoms with Crippen molar-refractivity contribution in [2.75, 3.05) is 5.75 Å². The molecule has 2 fully saturated rings. The molecule has 2 heterocycles. The number of carbonyl (C=O) groups is 3. The van der Waals surface area contributed by atoms with Crippen LogP contribution in [0.15, 0.2) is 24.3 Å². The second-order valence-corrected chi connectivity index (χ2v) is 9.80. The molecule has 3 unspecified atom stereocenters. The highest BCUT2D eigenvalue weighted by molar-refractivity contribution is 7.99. The zero-order valence-electron chi connectivity index (χ0n) is 17.0. The molecule has 1 aromatic rings. The fraction of sp³-hybridized carbons (Fsp3) is 0.591. The van der Waals surface area contributed by atoms with E-state index in [1.807, 2.05) is 38.1 Å². The zero-order valence-corrected chi connectivity index (χ0v) is 17.8. The second-order valence-electron chi connectivity index (χ2n) is 8.68. The molecule has 1 saturated carbocycles. The van der Waals surface area contributed by atoms with Crippen molar-refractivity contribution >= 4 is 29.5 Å². The Morgan fingerprint density at radius 1 is 1.21 bits per heavy atom. The number of nitrogens with zero attached hydrogens (tertiary/aromatic N) is 1. The molecule has 2 N–H and O–H groups in total. The molecular formula is C22H29N3O3S. The maximum absolute atomic E-state index is 13.1. The van der Waals surface area contributed by atoms with Crippen LogP contribution in [0, 0.1) is 5.92 Å². The Bertz CT molecular complexity index is 806. The third-order valence-corrected chi connectivity index (χ3v) is 7.34. The first-order valence-corrected chi connectivity index (χ1v) is 11.6. The summed E-state index contributed by atoms with van der Waals surface area (Å²) >= 11 is 1.62. The molecule has 7 heteroatoms. The van der Waals surface area contributed by atoms with E-state index in [-0.39, 0.29) is 35.1 Å². The van der Waals surface area contributed by atoms with Crippen LogP contribution < -0.4 is 10.6 Å². The second kappa shape index (κ2) is 8.38. The van der Waals surface area contributed by atoms with E-state index in [2.05, 4.69) is 10.6 Å². The zero-order chi connectivity index (χ0) is 20.5. The fourth-order valence-corrected chi connectivity index (χ4v) is 6.05. The predicted molar refractivity (Wildman–Crippen MR) is 113 cm³/mol. The molecule has 0 aromatic heterocycles. The Morgan fingerprint density at radius 3 is 2.66 bits per heavy atom. The van der Waals surface area contributed by atoms with Gasteiger partial charge in [0.1, 0.15) is 17.5 Å². The van der Waals surface area contributed by atoms with Gasteiger partial charge in [-0.3, -0.25) is 14.4 Å². The number of fused-ring (bicyclic) bond motifs is 3. The quantitative estimate of drug-likeness (QED) is 0.749. The van der Waals surface area contributed by atoms with Crippen molar-refractivity contribution in [3.8, 4) is 0 Å². The number of benzene rings is 1. The summed E-state index contributed by atoms with van der Waals surface area (Å²) in [5.41, 5.74) is 1.66. The smallest absolute Gasteiger partial charge is 0.256 e. The molecule has 0 radical (unpaired) electrons. The number of rotatable bonds is 6. The normalized spacial score (nSPS) is 24.5. The van der Waals surface area contributed by atoms with Gasteiger partial charge in [-0.25, -0.2) is 0 Å². The average Bonchev–Trinajstić information content (AvgIpc) is 3.40. The van der Waals surface area contributed by atoms with Gasteiger partial charge >= 0.3 is 0 Å².